The van der Waals surface area contributed by atoms with Crippen LogP contribution in [0.4, 0.5) is 9.59 Å². The predicted molar refractivity (Wildman–Crippen MR) is 220 cm³/mol. The molecule has 6 rings (SSSR count). The molecule has 2 aromatic carbocycles. The summed E-state index contributed by atoms with van der Waals surface area (Å²) in [6.45, 7) is 23.1. The van der Waals surface area contributed by atoms with Crippen molar-refractivity contribution in [2.24, 2.45) is 17.3 Å². The van der Waals surface area contributed by atoms with Crippen LogP contribution in [0.3, 0.4) is 0 Å². The maximum atomic E-state index is 14.1. The molecule has 3 N–H and O–H groups in total. The van der Waals surface area contributed by atoms with Crippen molar-refractivity contribution in [3.8, 4) is 5.75 Å². The molecule has 4 aliphatic rings. The highest BCUT2D eigenvalue weighted by atomic mass is 16.7. The second kappa shape index (κ2) is 16.8. The summed E-state index contributed by atoms with van der Waals surface area (Å²) in [5.74, 6) is -0.233. The maximum Gasteiger partial charge on any atom is 0.482 e. The molecule has 0 radical (unpaired) electrons. The molecule has 1 saturated heterocycles. The molecular formula is C44H64BN3O10. The van der Waals surface area contributed by atoms with Gasteiger partial charge in [0.25, 0.3) is 0 Å². The Kier molecular flexibility index (Phi) is 12.9. The van der Waals surface area contributed by atoms with E-state index in [-0.39, 0.29) is 48.9 Å². The fraction of sp³-hybridized carbons (Fsp3) is 0.636. The molecular weight excluding hydrogens is 741 g/mol. The molecule has 1 heterocycles. The lowest BCUT2D eigenvalue weighted by atomic mass is 9.43. The van der Waals surface area contributed by atoms with Gasteiger partial charge in [0, 0.05) is 13.1 Å². The Bertz CT molecular complexity index is 1860. The molecule has 58 heavy (non-hydrogen) atoms. The van der Waals surface area contributed by atoms with Crippen LogP contribution < -0.4 is 20.7 Å². The van der Waals surface area contributed by atoms with Crippen LogP contribution in [0.15, 0.2) is 36.4 Å². The van der Waals surface area contributed by atoms with Gasteiger partial charge in [-0.1, -0.05) is 44.2 Å². The summed E-state index contributed by atoms with van der Waals surface area (Å²) in [6, 6.07) is 10.8. The fourth-order valence-corrected chi connectivity index (χ4v) is 8.54. The summed E-state index contributed by atoms with van der Waals surface area (Å²) in [7, 11) is 0.745. The molecule has 0 spiro atoms. The van der Waals surface area contributed by atoms with Crippen molar-refractivity contribution < 1.29 is 47.4 Å². The highest BCUT2D eigenvalue weighted by molar-refractivity contribution is 6.48. The van der Waals surface area contributed by atoms with Crippen LogP contribution in [0.25, 0.3) is 0 Å². The number of alkyl carbamates (subject to hydrolysis) is 2. The number of hydrogen-bond acceptors (Lipinski definition) is 10. The molecule has 5 atom stereocenters. The van der Waals surface area contributed by atoms with Gasteiger partial charge in [-0.2, -0.15) is 0 Å². The zero-order valence-electron chi connectivity index (χ0n) is 36.7. The van der Waals surface area contributed by atoms with Gasteiger partial charge in [-0.3, -0.25) is 4.79 Å². The smallest absolute Gasteiger partial charge is 0.482 e. The van der Waals surface area contributed by atoms with E-state index in [1.54, 1.807) is 53.7 Å². The summed E-state index contributed by atoms with van der Waals surface area (Å²) in [5, 5.41) is 8.79. The third-order valence-corrected chi connectivity index (χ3v) is 11.3. The highest BCUT2D eigenvalue weighted by Crippen LogP contribution is 2.65. The minimum absolute atomic E-state index is 0.00403. The Balaban J connectivity index is 1.40. The van der Waals surface area contributed by atoms with Gasteiger partial charge in [0.1, 0.15) is 28.1 Å². The Morgan fingerprint density at radius 3 is 1.98 bits per heavy atom. The lowest BCUT2D eigenvalue weighted by molar-refractivity contribution is -0.199. The zero-order valence-corrected chi connectivity index (χ0v) is 36.7. The monoisotopic (exact) mass is 805 g/mol. The van der Waals surface area contributed by atoms with Gasteiger partial charge < -0.3 is 44.2 Å². The molecule has 13 nitrogen and oxygen atoms in total. The Morgan fingerprint density at radius 2 is 1.41 bits per heavy atom. The van der Waals surface area contributed by atoms with Gasteiger partial charge in [-0.15, -0.1) is 0 Å². The van der Waals surface area contributed by atoms with E-state index in [2.05, 4.69) is 36.7 Å². The van der Waals surface area contributed by atoms with E-state index >= 15 is 0 Å². The molecule has 1 aliphatic heterocycles. The average molecular weight is 806 g/mol. The minimum Gasteiger partial charge on any atom is -0.496 e. The molecule has 2 aromatic rings. The number of hydrogen-bond donors (Lipinski definition) is 3. The third kappa shape index (κ3) is 10.8. The SMILES string of the molecule is COc1c(C[C@H](NC(=O)Cc2ccc(CNC(=O)OC(C)(C)C)c(CNC(=O)OC(C)(C)C)c2)B2OC3CC4CC(C4(C)C)C3(C)O2)cccc1C(=O)OC(C)(C)C. The number of rotatable bonds is 12. The number of esters is 1. The molecule has 14 heteroatoms. The number of carbonyl (C=O) groups is 4. The molecule has 3 saturated carbocycles. The van der Waals surface area contributed by atoms with Crippen molar-refractivity contribution >= 4 is 31.2 Å². The average Bonchev–Trinajstić information content (AvgIpc) is 3.45. The van der Waals surface area contributed by atoms with Crippen LogP contribution >= 0.6 is 0 Å². The number of nitrogens with one attached hydrogen (secondary N) is 3. The molecule has 0 aromatic heterocycles. The van der Waals surface area contributed by atoms with E-state index in [0.717, 1.165) is 18.4 Å². The second-order valence-corrected chi connectivity index (χ2v) is 19.7. The van der Waals surface area contributed by atoms with Crippen LogP contribution in [0, 0.1) is 17.3 Å². The summed E-state index contributed by atoms with van der Waals surface area (Å²) >= 11 is 0. The maximum absolute atomic E-state index is 14.1. The first-order valence-electron chi connectivity index (χ1n) is 20.3. The van der Waals surface area contributed by atoms with Gasteiger partial charge >= 0.3 is 25.3 Å². The number of benzene rings is 2. The van der Waals surface area contributed by atoms with Gasteiger partial charge in [0.15, 0.2) is 0 Å². The van der Waals surface area contributed by atoms with Crippen LogP contribution in [0.1, 0.15) is 129 Å². The largest absolute Gasteiger partial charge is 0.496 e. The zero-order chi connectivity index (χ0) is 43.0. The molecule has 2 bridgehead atoms. The van der Waals surface area contributed by atoms with Gasteiger partial charge in [0.2, 0.25) is 5.91 Å². The van der Waals surface area contributed by atoms with E-state index in [1.807, 2.05) is 45.0 Å². The van der Waals surface area contributed by atoms with E-state index in [9.17, 15) is 19.2 Å². The first kappa shape index (κ1) is 44.8. The molecule has 3 aliphatic carbocycles. The van der Waals surface area contributed by atoms with Crippen molar-refractivity contribution in [2.45, 2.75) is 156 Å². The summed E-state index contributed by atoms with van der Waals surface area (Å²) in [4.78, 5) is 52.5. The summed E-state index contributed by atoms with van der Waals surface area (Å²) < 4.78 is 35.9. The van der Waals surface area contributed by atoms with E-state index in [4.69, 9.17) is 28.3 Å². The molecule has 318 valence electrons. The normalized spacial score (nSPS) is 22.8. The van der Waals surface area contributed by atoms with Crippen LogP contribution in [-0.2, 0) is 54.2 Å². The van der Waals surface area contributed by atoms with Crippen LogP contribution in [-0.4, -0.2) is 72.7 Å². The lowest BCUT2D eigenvalue weighted by Crippen LogP contribution is -2.65. The standard InChI is InChI=1S/C44H64BN3O10/c1-40(2,3)54-37(50)31-16-14-15-27(36(31)53-13)21-34(45-57-33-23-30-22-32(43(30,10)11)44(33,12)58-45)48-35(49)20-26-17-18-28(24-46-38(51)55-41(4,5)6)29(19-26)25-47-39(52)56-42(7,8)9/h14-19,30,32-34H,20-25H2,1-13H3,(H,46,51)(H,47,52)(H,48,49)/t30?,32?,33?,34-,44?/m0/s1. The van der Waals surface area contributed by atoms with Gasteiger partial charge in [0.05, 0.1) is 31.2 Å². The lowest BCUT2D eigenvalue weighted by Gasteiger charge is -2.64. The first-order chi connectivity index (χ1) is 26.8. The van der Waals surface area contributed by atoms with E-state index in [0.29, 0.717) is 34.3 Å². The predicted octanol–water partition coefficient (Wildman–Crippen LogP) is 7.24. The van der Waals surface area contributed by atoms with Crippen molar-refractivity contribution in [3.05, 3.63) is 64.2 Å². The van der Waals surface area contributed by atoms with Crippen molar-refractivity contribution in [1.29, 1.82) is 0 Å². The van der Waals surface area contributed by atoms with Crippen molar-refractivity contribution in [3.63, 3.8) is 0 Å². The molecule has 4 fully saturated rings. The number of methoxy groups -OCH3 is 1. The topological polar surface area (TPSA) is 160 Å². The summed E-state index contributed by atoms with van der Waals surface area (Å²) in [6.07, 6.45) is 0.907. The van der Waals surface area contributed by atoms with Crippen molar-refractivity contribution in [1.82, 2.24) is 16.0 Å². The number of ether oxygens (including phenoxy) is 4. The Labute approximate surface area is 344 Å². The number of carbonyl (C=O) groups excluding carboxylic acids is 4. The summed E-state index contributed by atoms with van der Waals surface area (Å²) in [5.41, 5.74) is 0.591. The quantitative estimate of drug-likeness (QED) is 0.113. The number of para-hydroxylation sites is 1. The van der Waals surface area contributed by atoms with Gasteiger partial charge in [-0.05, 0) is 134 Å². The van der Waals surface area contributed by atoms with Crippen molar-refractivity contribution in [2.75, 3.05) is 7.11 Å². The highest BCUT2D eigenvalue weighted by Gasteiger charge is 2.68. The first-order valence-corrected chi connectivity index (χ1v) is 20.3. The van der Waals surface area contributed by atoms with Crippen LogP contribution in [0.5, 0.6) is 5.75 Å². The van der Waals surface area contributed by atoms with E-state index in [1.165, 1.54) is 7.11 Å². The van der Waals surface area contributed by atoms with E-state index < -0.39 is 53.6 Å². The third-order valence-electron chi connectivity index (χ3n) is 11.3. The second-order valence-electron chi connectivity index (χ2n) is 19.7. The van der Waals surface area contributed by atoms with Crippen LogP contribution in [0.2, 0.25) is 0 Å². The fourth-order valence-electron chi connectivity index (χ4n) is 8.54. The Morgan fingerprint density at radius 1 is 0.810 bits per heavy atom. The Hall–Kier alpha value is -4.30. The van der Waals surface area contributed by atoms with Gasteiger partial charge in [-0.25, -0.2) is 14.4 Å². The molecule has 4 unspecified atom stereocenters. The minimum atomic E-state index is -0.765. The number of amides is 3. The molecule has 3 amide bonds.